The first-order valence-electron chi connectivity index (χ1n) is 10.6. The fourth-order valence-corrected chi connectivity index (χ4v) is 6.40. The van der Waals surface area contributed by atoms with E-state index < -0.39 is 0 Å². The Morgan fingerprint density at radius 2 is 1.96 bits per heavy atom. The first-order chi connectivity index (χ1) is 13.3. The van der Waals surface area contributed by atoms with E-state index in [1.54, 1.807) is 6.33 Å². The van der Waals surface area contributed by atoms with Crippen LogP contribution in [0.1, 0.15) is 61.8 Å². The molecular weight excluding hydrogens is 358 g/mol. The van der Waals surface area contributed by atoms with E-state index in [-0.39, 0.29) is 6.10 Å². The predicted molar refractivity (Wildman–Crippen MR) is 108 cm³/mol. The molecule has 0 radical (unpaired) electrons. The zero-order valence-corrected chi connectivity index (χ0v) is 17.0. The van der Waals surface area contributed by atoms with Crippen LogP contribution in [0.4, 0.5) is 0 Å². The van der Waals surface area contributed by atoms with Gasteiger partial charge < -0.3 is 9.47 Å². The third-order valence-electron chi connectivity index (χ3n) is 6.67. The lowest BCUT2D eigenvalue weighted by Gasteiger charge is -2.38. The van der Waals surface area contributed by atoms with Crippen LogP contribution in [0.3, 0.4) is 0 Å². The zero-order chi connectivity index (χ0) is 18.2. The number of aromatic nitrogens is 2. The maximum absolute atomic E-state index is 6.49. The van der Waals surface area contributed by atoms with E-state index in [0.717, 1.165) is 49.9 Å². The molecule has 3 aliphatic rings. The lowest BCUT2D eigenvalue weighted by Crippen LogP contribution is -2.46. The molecule has 2 fully saturated rings. The molecule has 1 saturated heterocycles. The highest BCUT2D eigenvalue weighted by atomic mass is 32.1. The molecule has 2 aliphatic carbocycles. The summed E-state index contributed by atoms with van der Waals surface area (Å²) < 4.78 is 12.0. The number of ether oxygens (including phenoxy) is 2. The highest BCUT2D eigenvalue weighted by molar-refractivity contribution is 7.19. The van der Waals surface area contributed by atoms with E-state index in [1.807, 2.05) is 11.3 Å². The number of rotatable bonds is 4. The van der Waals surface area contributed by atoms with Gasteiger partial charge in [0.25, 0.3) is 0 Å². The third kappa shape index (κ3) is 3.36. The van der Waals surface area contributed by atoms with Crippen molar-refractivity contribution in [2.45, 2.75) is 69.9 Å². The molecule has 1 saturated carbocycles. The summed E-state index contributed by atoms with van der Waals surface area (Å²) in [5.41, 5.74) is 1.50. The van der Waals surface area contributed by atoms with E-state index in [4.69, 9.17) is 9.47 Å². The number of hydrogen-bond acceptors (Lipinski definition) is 6. The maximum atomic E-state index is 6.49. The Morgan fingerprint density at radius 3 is 2.74 bits per heavy atom. The number of hydrogen-bond donors (Lipinski definition) is 0. The van der Waals surface area contributed by atoms with Crippen molar-refractivity contribution in [2.24, 2.45) is 0 Å². The smallest absolute Gasteiger partial charge is 0.225 e. The lowest BCUT2D eigenvalue weighted by molar-refractivity contribution is -0.00126. The summed E-state index contributed by atoms with van der Waals surface area (Å²) in [5.74, 6) is 1.49. The monoisotopic (exact) mass is 387 g/mol. The molecule has 1 atom stereocenters. The lowest BCUT2D eigenvalue weighted by atomic mass is 9.91. The Kier molecular flexibility index (Phi) is 5.05. The van der Waals surface area contributed by atoms with E-state index in [0.29, 0.717) is 12.0 Å². The summed E-state index contributed by atoms with van der Waals surface area (Å²) in [6.07, 6.45) is 10.3. The largest absolute Gasteiger partial charge is 0.474 e. The molecule has 5 nitrogen and oxygen atoms in total. The van der Waals surface area contributed by atoms with Crippen molar-refractivity contribution in [1.29, 1.82) is 0 Å². The number of morpholine rings is 1. The average molecular weight is 388 g/mol. The van der Waals surface area contributed by atoms with Crippen LogP contribution in [0.2, 0.25) is 0 Å². The molecular formula is C21H29N3O2S. The number of fused-ring (bicyclic) bond motifs is 3. The van der Waals surface area contributed by atoms with Gasteiger partial charge >= 0.3 is 0 Å². The molecule has 0 spiro atoms. The third-order valence-corrected chi connectivity index (χ3v) is 7.85. The van der Waals surface area contributed by atoms with Crippen LogP contribution in [0, 0.1) is 0 Å². The highest BCUT2D eigenvalue weighted by Gasteiger charge is 2.31. The van der Waals surface area contributed by atoms with Gasteiger partial charge in [-0.1, -0.05) is 6.92 Å². The van der Waals surface area contributed by atoms with Gasteiger partial charge in [-0.25, -0.2) is 9.97 Å². The maximum Gasteiger partial charge on any atom is 0.225 e. The van der Waals surface area contributed by atoms with Crippen molar-refractivity contribution in [1.82, 2.24) is 14.9 Å². The molecule has 1 aliphatic heterocycles. The van der Waals surface area contributed by atoms with E-state index >= 15 is 0 Å². The minimum atomic E-state index is 0.289. The first kappa shape index (κ1) is 17.8. The van der Waals surface area contributed by atoms with Crippen molar-refractivity contribution in [3.05, 3.63) is 16.8 Å². The van der Waals surface area contributed by atoms with Crippen molar-refractivity contribution in [3.63, 3.8) is 0 Å². The van der Waals surface area contributed by atoms with Crippen LogP contribution >= 0.6 is 11.3 Å². The predicted octanol–water partition coefficient (Wildman–Crippen LogP) is 4.15. The fourth-order valence-electron chi connectivity index (χ4n) is 5.17. The topological polar surface area (TPSA) is 47.5 Å². The Balaban J connectivity index is 1.31. The molecule has 3 heterocycles. The summed E-state index contributed by atoms with van der Waals surface area (Å²) in [6, 6.07) is 0.703. The quantitative estimate of drug-likeness (QED) is 0.789. The Labute approximate surface area is 165 Å². The number of aryl methyl sites for hydroxylation is 1. The van der Waals surface area contributed by atoms with Gasteiger partial charge in [-0.2, -0.15) is 0 Å². The molecule has 5 rings (SSSR count). The Morgan fingerprint density at radius 1 is 1.15 bits per heavy atom. The molecule has 1 unspecified atom stereocenters. The van der Waals surface area contributed by atoms with Crippen LogP contribution < -0.4 is 4.74 Å². The summed E-state index contributed by atoms with van der Waals surface area (Å²) >= 11 is 1.85. The Hall–Kier alpha value is -1.24. The van der Waals surface area contributed by atoms with Gasteiger partial charge in [-0.05, 0) is 56.4 Å². The summed E-state index contributed by atoms with van der Waals surface area (Å²) in [5, 5.41) is 1.22. The molecule has 2 aromatic heterocycles. The van der Waals surface area contributed by atoms with Crippen molar-refractivity contribution < 1.29 is 9.47 Å². The van der Waals surface area contributed by atoms with Crippen LogP contribution in [-0.4, -0.2) is 53.3 Å². The van der Waals surface area contributed by atoms with Crippen molar-refractivity contribution in [3.8, 4) is 5.88 Å². The van der Waals surface area contributed by atoms with Crippen LogP contribution in [-0.2, 0) is 11.2 Å². The van der Waals surface area contributed by atoms with Crippen LogP contribution in [0.15, 0.2) is 6.33 Å². The number of thiophene rings is 1. The standard InChI is InChI=1S/C21H29N3O2S/c1-2-14-3-8-17-18(14)19-20(22-13-23-21(19)27-17)26-16-6-4-15(5-7-16)24-9-11-25-12-10-24/h13-16H,2-12H2,1H3. The second kappa shape index (κ2) is 7.64. The molecule has 6 heteroatoms. The van der Waals surface area contributed by atoms with Crippen molar-refractivity contribution in [2.75, 3.05) is 26.3 Å². The van der Waals surface area contributed by atoms with Gasteiger partial charge in [0.2, 0.25) is 5.88 Å². The van der Waals surface area contributed by atoms with Gasteiger partial charge in [0.05, 0.1) is 18.6 Å². The van der Waals surface area contributed by atoms with E-state index in [2.05, 4.69) is 21.8 Å². The van der Waals surface area contributed by atoms with Gasteiger partial charge in [-0.15, -0.1) is 11.3 Å². The molecule has 27 heavy (non-hydrogen) atoms. The second-order valence-corrected chi connectivity index (χ2v) is 9.22. The molecule has 0 aromatic carbocycles. The molecule has 0 N–H and O–H groups in total. The van der Waals surface area contributed by atoms with Crippen molar-refractivity contribution >= 4 is 21.6 Å². The van der Waals surface area contributed by atoms with Gasteiger partial charge in [-0.3, -0.25) is 4.90 Å². The number of nitrogens with zero attached hydrogens (tertiary/aromatic N) is 3. The zero-order valence-electron chi connectivity index (χ0n) is 16.2. The normalized spacial score (nSPS) is 29.1. The molecule has 146 valence electrons. The van der Waals surface area contributed by atoms with Crippen LogP contribution in [0.5, 0.6) is 5.88 Å². The minimum Gasteiger partial charge on any atom is -0.474 e. The molecule has 0 bridgehead atoms. The first-order valence-corrected chi connectivity index (χ1v) is 11.4. The van der Waals surface area contributed by atoms with E-state index in [9.17, 15) is 0 Å². The highest BCUT2D eigenvalue weighted by Crippen LogP contribution is 2.47. The van der Waals surface area contributed by atoms with Gasteiger partial charge in [0, 0.05) is 24.0 Å². The van der Waals surface area contributed by atoms with E-state index in [1.165, 1.54) is 47.9 Å². The summed E-state index contributed by atoms with van der Waals surface area (Å²) in [7, 11) is 0. The fraction of sp³-hybridized carbons (Fsp3) is 0.714. The SMILES string of the molecule is CCC1CCc2sc3ncnc(OC4CCC(N5CCOCC5)CC4)c3c21. The average Bonchev–Trinajstić information content (AvgIpc) is 3.28. The molecule has 2 aromatic rings. The van der Waals surface area contributed by atoms with Gasteiger partial charge in [0.15, 0.2) is 0 Å². The summed E-state index contributed by atoms with van der Waals surface area (Å²) in [6.45, 7) is 6.24. The van der Waals surface area contributed by atoms with Gasteiger partial charge in [0.1, 0.15) is 17.3 Å². The summed E-state index contributed by atoms with van der Waals surface area (Å²) in [4.78, 5) is 14.4. The van der Waals surface area contributed by atoms with Crippen LogP contribution in [0.25, 0.3) is 10.2 Å². The minimum absolute atomic E-state index is 0.289. The Bertz CT molecular complexity index is 794. The second-order valence-electron chi connectivity index (χ2n) is 8.14. The molecule has 0 amide bonds.